The minimum Gasteiger partial charge on any atom is -0.495 e. The van der Waals surface area contributed by atoms with Crippen molar-refractivity contribution in [2.45, 2.75) is 39.2 Å². The van der Waals surface area contributed by atoms with E-state index in [4.69, 9.17) is 21.1 Å². The molecule has 0 fully saturated rings. The number of aromatic nitrogens is 1. The zero-order valence-electron chi connectivity index (χ0n) is 11.1. The number of carbonyl (C=O) groups is 1. The van der Waals surface area contributed by atoms with Crippen molar-refractivity contribution in [3.63, 3.8) is 0 Å². The fourth-order valence-corrected chi connectivity index (χ4v) is 1.60. The fraction of sp³-hybridized carbons (Fsp3) is 0.538. The molecule has 0 aromatic carbocycles. The lowest BCUT2D eigenvalue weighted by molar-refractivity contribution is -0.154. The third-order valence-corrected chi connectivity index (χ3v) is 2.31. The molecular formula is C13H18ClNO3. The number of rotatable bonds is 4. The average Bonchev–Trinajstić information content (AvgIpc) is 2.24. The van der Waals surface area contributed by atoms with Gasteiger partial charge in [0, 0.05) is 6.42 Å². The van der Waals surface area contributed by atoms with Crippen molar-refractivity contribution in [2.75, 3.05) is 7.11 Å². The van der Waals surface area contributed by atoms with E-state index < -0.39 is 5.60 Å². The Morgan fingerprint density at radius 1 is 1.39 bits per heavy atom. The minimum atomic E-state index is -0.469. The predicted octanol–water partition coefficient (Wildman–Crippen LogP) is 3.02. The highest BCUT2D eigenvalue weighted by Crippen LogP contribution is 2.20. The van der Waals surface area contributed by atoms with Crippen LogP contribution in [0.4, 0.5) is 0 Å². The van der Waals surface area contributed by atoms with Gasteiger partial charge in [-0.1, -0.05) is 11.6 Å². The number of hydrogen-bond acceptors (Lipinski definition) is 4. The molecule has 0 bridgehead atoms. The second-order valence-corrected chi connectivity index (χ2v) is 5.26. The van der Waals surface area contributed by atoms with Gasteiger partial charge in [-0.15, -0.1) is 0 Å². The molecule has 0 spiro atoms. The number of hydrogen-bond donors (Lipinski definition) is 0. The first-order chi connectivity index (χ1) is 8.31. The summed E-state index contributed by atoms with van der Waals surface area (Å²) >= 11 is 5.81. The van der Waals surface area contributed by atoms with Crippen LogP contribution in [0.5, 0.6) is 5.75 Å². The van der Waals surface area contributed by atoms with Crippen LogP contribution in [0.1, 0.15) is 32.9 Å². The molecular weight excluding hydrogens is 254 g/mol. The predicted molar refractivity (Wildman–Crippen MR) is 70.0 cm³/mol. The molecule has 1 aromatic rings. The van der Waals surface area contributed by atoms with E-state index in [1.807, 2.05) is 20.8 Å². The molecule has 100 valence electrons. The van der Waals surface area contributed by atoms with Crippen LogP contribution in [0.2, 0.25) is 5.15 Å². The zero-order chi connectivity index (χ0) is 13.8. The van der Waals surface area contributed by atoms with Gasteiger partial charge in [0.05, 0.1) is 19.2 Å². The molecule has 0 saturated carbocycles. The Bertz CT molecular complexity index is 427. The van der Waals surface area contributed by atoms with Gasteiger partial charge >= 0.3 is 5.97 Å². The summed E-state index contributed by atoms with van der Waals surface area (Å²) in [4.78, 5) is 15.7. The van der Waals surface area contributed by atoms with Crippen LogP contribution in [0, 0.1) is 0 Å². The lowest BCUT2D eigenvalue weighted by Gasteiger charge is -2.19. The van der Waals surface area contributed by atoms with E-state index in [-0.39, 0.29) is 12.4 Å². The maximum Gasteiger partial charge on any atom is 0.306 e. The molecule has 0 saturated heterocycles. The second kappa shape index (κ2) is 6.05. The summed E-state index contributed by atoms with van der Waals surface area (Å²) in [6, 6.07) is 3.39. The number of esters is 1. The maximum absolute atomic E-state index is 11.6. The van der Waals surface area contributed by atoms with Gasteiger partial charge in [0.2, 0.25) is 0 Å². The van der Waals surface area contributed by atoms with Crippen LogP contribution < -0.4 is 4.74 Å². The standard InChI is InChI=1S/C13H18ClNO3/c1-13(2,3)18-12(16)8-5-9-10(17-4)6-7-11(14)15-9/h6-7H,5,8H2,1-4H3. The van der Waals surface area contributed by atoms with Crippen LogP contribution >= 0.6 is 11.6 Å². The zero-order valence-corrected chi connectivity index (χ0v) is 11.9. The first-order valence-electron chi connectivity index (χ1n) is 5.73. The van der Waals surface area contributed by atoms with Gasteiger partial charge in [0.25, 0.3) is 0 Å². The smallest absolute Gasteiger partial charge is 0.306 e. The molecule has 0 radical (unpaired) electrons. The molecule has 5 heteroatoms. The van der Waals surface area contributed by atoms with Crippen molar-refractivity contribution in [2.24, 2.45) is 0 Å². The molecule has 0 atom stereocenters. The van der Waals surface area contributed by atoms with E-state index in [9.17, 15) is 4.79 Å². The second-order valence-electron chi connectivity index (χ2n) is 4.87. The van der Waals surface area contributed by atoms with E-state index in [1.165, 1.54) is 0 Å². The van der Waals surface area contributed by atoms with Gasteiger partial charge in [0.15, 0.2) is 0 Å². The lowest BCUT2D eigenvalue weighted by Crippen LogP contribution is -2.24. The third kappa shape index (κ3) is 4.92. The Morgan fingerprint density at radius 2 is 2.06 bits per heavy atom. The Labute approximate surface area is 112 Å². The molecule has 1 heterocycles. The number of pyridine rings is 1. The van der Waals surface area contributed by atoms with Gasteiger partial charge in [-0.3, -0.25) is 4.79 Å². The molecule has 1 rings (SSSR count). The summed E-state index contributed by atoms with van der Waals surface area (Å²) < 4.78 is 10.4. The number of nitrogens with zero attached hydrogens (tertiary/aromatic N) is 1. The van der Waals surface area contributed by atoms with Gasteiger partial charge in [-0.25, -0.2) is 4.98 Å². The fourth-order valence-electron chi connectivity index (χ4n) is 1.44. The van der Waals surface area contributed by atoms with E-state index in [2.05, 4.69) is 4.98 Å². The molecule has 0 aliphatic rings. The van der Waals surface area contributed by atoms with Crippen molar-refractivity contribution >= 4 is 17.6 Å². The molecule has 0 unspecified atom stereocenters. The van der Waals surface area contributed by atoms with Crippen molar-refractivity contribution in [1.82, 2.24) is 4.98 Å². The van der Waals surface area contributed by atoms with E-state index in [0.717, 1.165) is 0 Å². The Hall–Kier alpha value is -1.29. The molecule has 4 nitrogen and oxygen atoms in total. The summed E-state index contributed by atoms with van der Waals surface area (Å²) in [5.41, 5.74) is 0.194. The molecule has 0 aliphatic carbocycles. The SMILES string of the molecule is COc1ccc(Cl)nc1CCC(=O)OC(C)(C)C. The highest BCUT2D eigenvalue weighted by atomic mass is 35.5. The quantitative estimate of drug-likeness (QED) is 0.624. The van der Waals surface area contributed by atoms with Crippen LogP contribution in [0.3, 0.4) is 0 Å². The number of aryl methyl sites for hydroxylation is 1. The van der Waals surface area contributed by atoms with E-state index >= 15 is 0 Å². The van der Waals surface area contributed by atoms with Crippen molar-refractivity contribution < 1.29 is 14.3 Å². The first-order valence-corrected chi connectivity index (χ1v) is 6.11. The number of halogens is 1. The molecule has 0 amide bonds. The van der Waals surface area contributed by atoms with Crippen molar-refractivity contribution in [3.05, 3.63) is 23.0 Å². The molecule has 0 N–H and O–H groups in total. The summed E-state index contributed by atoms with van der Waals surface area (Å²) in [5.74, 6) is 0.370. The van der Waals surface area contributed by atoms with Gasteiger partial charge < -0.3 is 9.47 Å². The van der Waals surface area contributed by atoms with E-state index in [1.54, 1.807) is 19.2 Å². The topological polar surface area (TPSA) is 48.4 Å². The van der Waals surface area contributed by atoms with Gasteiger partial charge in [-0.2, -0.15) is 0 Å². The van der Waals surface area contributed by atoms with Crippen LogP contribution in [0.15, 0.2) is 12.1 Å². The van der Waals surface area contributed by atoms with Gasteiger partial charge in [0.1, 0.15) is 16.5 Å². The average molecular weight is 272 g/mol. The highest BCUT2D eigenvalue weighted by Gasteiger charge is 2.17. The summed E-state index contributed by atoms with van der Waals surface area (Å²) in [6.07, 6.45) is 0.694. The Morgan fingerprint density at radius 3 is 2.61 bits per heavy atom. The van der Waals surface area contributed by atoms with Crippen LogP contribution in [0.25, 0.3) is 0 Å². The summed E-state index contributed by atoms with van der Waals surface area (Å²) in [5, 5.41) is 0.384. The highest BCUT2D eigenvalue weighted by molar-refractivity contribution is 6.29. The largest absolute Gasteiger partial charge is 0.495 e. The van der Waals surface area contributed by atoms with E-state index in [0.29, 0.717) is 23.0 Å². The molecule has 1 aromatic heterocycles. The summed E-state index contributed by atoms with van der Waals surface area (Å²) in [7, 11) is 1.56. The Kier molecular flexibility index (Phi) is 4.96. The minimum absolute atomic E-state index is 0.251. The third-order valence-electron chi connectivity index (χ3n) is 2.10. The lowest BCUT2D eigenvalue weighted by atomic mass is 10.1. The summed E-state index contributed by atoms with van der Waals surface area (Å²) in [6.45, 7) is 5.51. The van der Waals surface area contributed by atoms with Crippen molar-refractivity contribution in [1.29, 1.82) is 0 Å². The van der Waals surface area contributed by atoms with Gasteiger partial charge in [-0.05, 0) is 32.9 Å². The first kappa shape index (κ1) is 14.8. The number of ether oxygens (including phenoxy) is 2. The van der Waals surface area contributed by atoms with Crippen LogP contribution in [-0.4, -0.2) is 23.7 Å². The molecule has 0 aliphatic heterocycles. The van der Waals surface area contributed by atoms with Crippen LogP contribution in [-0.2, 0) is 16.0 Å². The van der Waals surface area contributed by atoms with Crippen molar-refractivity contribution in [3.8, 4) is 5.75 Å². The molecule has 18 heavy (non-hydrogen) atoms. The number of methoxy groups -OCH3 is 1. The monoisotopic (exact) mass is 271 g/mol. The number of carbonyl (C=O) groups excluding carboxylic acids is 1. The maximum atomic E-state index is 11.6. The normalized spacial score (nSPS) is 11.2. The Balaban J connectivity index is 2.63.